The van der Waals surface area contributed by atoms with Crippen molar-refractivity contribution in [3.05, 3.63) is 64.1 Å². The average molecular weight is 357 g/mol. The monoisotopic (exact) mass is 356 g/mol. The van der Waals surface area contributed by atoms with Crippen molar-refractivity contribution in [3.63, 3.8) is 0 Å². The minimum atomic E-state index is 0.00872. The topological polar surface area (TPSA) is 69.7 Å². The molecular formula is C16H13BrN4O. The van der Waals surface area contributed by atoms with E-state index >= 15 is 0 Å². The smallest absolute Gasteiger partial charge is 0.175 e. The molecule has 0 radical (unpaired) electrons. The van der Waals surface area contributed by atoms with E-state index in [-0.39, 0.29) is 11.8 Å². The predicted octanol–water partition coefficient (Wildman–Crippen LogP) is 4.48. The van der Waals surface area contributed by atoms with E-state index in [0.29, 0.717) is 17.8 Å². The number of phenols is 1. The number of azo groups is 1. The first-order valence-electron chi connectivity index (χ1n) is 6.76. The van der Waals surface area contributed by atoms with Gasteiger partial charge in [0.2, 0.25) is 0 Å². The molecule has 1 aliphatic rings. The maximum atomic E-state index is 9.72. The van der Waals surface area contributed by atoms with E-state index < -0.39 is 0 Å². The van der Waals surface area contributed by atoms with Crippen LogP contribution < -0.4 is 0 Å². The summed E-state index contributed by atoms with van der Waals surface area (Å²) in [5.74, 6) is 0.738. The summed E-state index contributed by atoms with van der Waals surface area (Å²) in [5.41, 5.74) is 1.71. The third-order valence-electron chi connectivity index (χ3n) is 3.23. The Morgan fingerprint density at radius 1 is 1.18 bits per heavy atom. The number of benzene rings is 2. The molecule has 0 aliphatic carbocycles. The molecule has 0 spiro atoms. The van der Waals surface area contributed by atoms with E-state index in [1.54, 1.807) is 18.2 Å². The van der Waals surface area contributed by atoms with E-state index in [2.05, 4.69) is 36.4 Å². The maximum Gasteiger partial charge on any atom is 0.175 e. The Balaban J connectivity index is 1.69. The molecule has 2 aromatic rings. The molecule has 22 heavy (non-hydrogen) atoms. The molecule has 0 bridgehead atoms. The van der Waals surface area contributed by atoms with Crippen molar-refractivity contribution in [2.24, 2.45) is 20.4 Å². The highest BCUT2D eigenvalue weighted by Crippen LogP contribution is 2.27. The summed E-state index contributed by atoms with van der Waals surface area (Å²) in [7, 11) is 0. The zero-order valence-electron chi connectivity index (χ0n) is 11.6. The largest absolute Gasteiger partial charge is 0.507 e. The minimum absolute atomic E-state index is 0.00872. The SMILES string of the molecule is Oc1ccc(Br)cc1/C=N\N=C1/C[C@H](c2ccccc2)N=N1. The highest BCUT2D eigenvalue weighted by Gasteiger charge is 2.19. The maximum absolute atomic E-state index is 9.72. The Morgan fingerprint density at radius 2 is 2.00 bits per heavy atom. The van der Waals surface area contributed by atoms with Gasteiger partial charge in [-0.3, -0.25) is 0 Å². The number of nitrogens with zero attached hydrogens (tertiary/aromatic N) is 4. The summed E-state index contributed by atoms with van der Waals surface area (Å²) in [6.45, 7) is 0. The van der Waals surface area contributed by atoms with E-state index in [1.165, 1.54) is 6.21 Å². The van der Waals surface area contributed by atoms with Crippen molar-refractivity contribution in [3.8, 4) is 5.75 Å². The first-order valence-corrected chi connectivity index (χ1v) is 7.56. The van der Waals surface area contributed by atoms with Crippen molar-refractivity contribution in [1.82, 2.24) is 0 Å². The zero-order valence-corrected chi connectivity index (χ0v) is 13.2. The second-order valence-electron chi connectivity index (χ2n) is 4.81. The first-order chi connectivity index (χ1) is 10.7. The fourth-order valence-corrected chi connectivity index (χ4v) is 2.48. The van der Waals surface area contributed by atoms with Crippen LogP contribution in [0.2, 0.25) is 0 Å². The van der Waals surface area contributed by atoms with Crippen molar-refractivity contribution in [2.75, 3.05) is 0 Å². The molecule has 1 heterocycles. The van der Waals surface area contributed by atoms with Crippen LogP contribution in [0.15, 0.2) is 73.4 Å². The van der Waals surface area contributed by atoms with Gasteiger partial charge in [-0.15, -0.1) is 10.2 Å². The Kier molecular flexibility index (Phi) is 4.39. The van der Waals surface area contributed by atoms with Gasteiger partial charge in [0.15, 0.2) is 5.84 Å². The van der Waals surface area contributed by atoms with E-state index in [0.717, 1.165) is 10.0 Å². The first kappa shape index (κ1) is 14.6. The highest BCUT2D eigenvalue weighted by molar-refractivity contribution is 9.10. The van der Waals surface area contributed by atoms with Crippen LogP contribution in [0.4, 0.5) is 0 Å². The summed E-state index contributed by atoms with van der Waals surface area (Å²) >= 11 is 3.35. The fraction of sp³-hybridized carbons (Fsp3) is 0.125. The molecular weight excluding hydrogens is 344 g/mol. The molecule has 1 aliphatic heterocycles. The fourth-order valence-electron chi connectivity index (χ4n) is 2.10. The van der Waals surface area contributed by atoms with Crippen LogP contribution in [0.5, 0.6) is 5.75 Å². The number of phenolic OH excluding ortho intramolecular Hbond substituents is 1. The van der Waals surface area contributed by atoms with Gasteiger partial charge in [0.05, 0.1) is 6.21 Å². The molecule has 0 fully saturated rings. The van der Waals surface area contributed by atoms with Crippen molar-refractivity contribution in [1.29, 1.82) is 0 Å². The number of halogens is 1. The van der Waals surface area contributed by atoms with Crippen molar-refractivity contribution >= 4 is 28.0 Å². The Bertz CT molecular complexity index is 756. The van der Waals surface area contributed by atoms with E-state index in [1.807, 2.05) is 30.3 Å². The van der Waals surface area contributed by atoms with Gasteiger partial charge >= 0.3 is 0 Å². The summed E-state index contributed by atoms with van der Waals surface area (Å²) < 4.78 is 0.865. The molecule has 0 amide bonds. The van der Waals surface area contributed by atoms with Gasteiger partial charge in [0, 0.05) is 16.5 Å². The van der Waals surface area contributed by atoms with Gasteiger partial charge in [-0.1, -0.05) is 46.3 Å². The van der Waals surface area contributed by atoms with Crippen molar-refractivity contribution < 1.29 is 5.11 Å². The highest BCUT2D eigenvalue weighted by atomic mass is 79.9. The number of hydrogen-bond acceptors (Lipinski definition) is 4. The second-order valence-corrected chi connectivity index (χ2v) is 5.73. The molecule has 1 atom stereocenters. The second kappa shape index (κ2) is 6.62. The molecule has 5 nitrogen and oxygen atoms in total. The van der Waals surface area contributed by atoms with Gasteiger partial charge in [-0.2, -0.15) is 10.2 Å². The Labute approximate surface area is 136 Å². The van der Waals surface area contributed by atoms with Crippen LogP contribution in [0, 0.1) is 0 Å². The lowest BCUT2D eigenvalue weighted by atomic mass is 10.1. The Morgan fingerprint density at radius 3 is 2.82 bits per heavy atom. The molecule has 110 valence electrons. The Hall–Kier alpha value is -2.34. The molecule has 1 N–H and O–H groups in total. The minimum Gasteiger partial charge on any atom is -0.507 e. The normalized spacial score (nSPS) is 19.3. The zero-order chi connectivity index (χ0) is 15.4. The molecule has 3 rings (SSSR count). The lowest BCUT2D eigenvalue weighted by molar-refractivity contribution is 0.474. The molecule has 0 aromatic heterocycles. The molecule has 0 saturated carbocycles. The number of aromatic hydroxyl groups is 1. The van der Waals surface area contributed by atoms with E-state index in [4.69, 9.17) is 0 Å². The average Bonchev–Trinajstić information content (AvgIpc) is 3.00. The van der Waals surface area contributed by atoms with Crippen LogP contribution in [0.3, 0.4) is 0 Å². The lowest BCUT2D eigenvalue weighted by Crippen LogP contribution is -1.95. The summed E-state index contributed by atoms with van der Waals surface area (Å²) in [5, 5.41) is 26.0. The lowest BCUT2D eigenvalue weighted by Gasteiger charge is -2.03. The van der Waals surface area contributed by atoms with Gasteiger partial charge in [-0.25, -0.2) is 0 Å². The van der Waals surface area contributed by atoms with Gasteiger partial charge in [-0.05, 0) is 23.8 Å². The van der Waals surface area contributed by atoms with E-state index in [9.17, 15) is 5.11 Å². The summed E-state index contributed by atoms with van der Waals surface area (Å²) in [6, 6.07) is 15.1. The third-order valence-corrected chi connectivity index (χ3v) is 3.73. The number of rotatable bonds is 3. The van der Waals surface area contributed by atoms with Gasteiger partial charge < -0.3 is 5.11 Å². The molecule has 6 heteroatoms. The quantitative estimate of drug-likeness (QED) is 0.638. The number of hydrogen-bond donors (Lipinski definition) is 1. The van der Waals surface area contributed by atoms with Crippen molar-refractivity contribution in [2.45, 2.75) is 12.5 Å². The van der Waals surface area contributed by atoms with Crippen LogP contribution in [0.25, 0.3) is 0 Å². The van der Waals surface area contributed by atoms with Crippen LogP contribution in [-0.4, -0.2) is 17.2 Å². The summed E-state index contributed by atoms with van der Waals surface area (Å²) in [4.78, 5) is 0. The third kappa shape index (κ3) is 3.46. The number of amidine groups is 1. The van der Waals surface area contributed by atoms with Crippen LogP contribution in [-0.2, 0) is 0 Å². The van der Waals surface area contributed by atoms with Gasteiger partial charge in [0.1, 0.15) is 11.8 Å². The molecule has 2 aromatic carbocycles. The predicted molar refractivity (Wildman–Crippen MR) is 89.5 cm³/mol. The van der Waals surface area contributed by atoms with Crippen LogP contribution in [0.1, 0.15) is 23.6 Å². The summed E-state index contributed by atoms with van der Waals surface area (Å²) in [6.07, 6.45) is 2.13. The standard InChI is InChI=1S/C16H13BrN4O/c17-13-6-7-15(22)12(8-13)10-18-20-16-9-14(19-21-16)11-4-2-1-3-5-11/h1-8,10,14,22H,9H2/b18-10-,20-16+/t14-/m1/s1. The molecule has 0 saturated heterocycles. The van der Waals surface area contributed by atoms with Gasteiger partial charge in [0.25, 0.3) is 0 Å². The molecule has 0 unspecified atom stereocenters. The van der Waals surface area contributed by atoms with Crippen LogP contribution >= 0.6 is 15.9 Å².